The molecule has 0 saturated carbocycles. The molecule has 0 saturated heterocycles. The van der Waals surface area contributed by atoms with Crippen molar-refractivity contribution >= 4 is 27.6 Å². The van der Waals surface area contributed by atoms with Crippen LogP contribution >= 0.6 is 15.9 Å². The van der Waals surface area contributed by atoms with E-state index < -0.39 is 10.9 Å². The van der Waals surface area contributed by atoms with Crippen LogP contribution in [0, 0.1) is 10.1 Å². The highest BCUT2D eigenvalue weighted by molar-refractivity contribution is 9.10. The SMILES string of the molecule is O=C(O)c1ccc(-c2ccc(Br)c([N+](=O)[O-])c2)o1. The summed E-state index contributed by atoms with van der Waals surface area (Å²) >= 11 is 3.07. The molecule has 0 unspecified atom stereocenters. The Bertz CT molecular complexity index is 634. The van der Waals surface area contributed by atoms with E-state index >= 15 is 0 Å². The van der Waals surface area contributed by atoms with Gasteiger partial charge in [0.15, 0.2) is 0 Å². The van der Waals surface area contributed by atoms with E-state index in [9.17, 15) is 14.9 Å². The molecular weight excluding hydrogens is 306 g/mol. The van der Waals surface area contributed by atoms with Gasteiger partial charge in [-0.3, -0.25) is 10.1 Å². The van der Waals surface area contributed by atoms with Crippen LogP contribution in [0.25, 0.3) is 11.3 Å². The molecule has 0 amide bonds. The van der Waals surface area contributed by atoms with Gasteiger partial charge in [0.25, 0.3) is 5.69 Å². The first-order valence-electron chi connectivity index (χ1n) is 4.76. The average molecular weight is 312 g/mol. The van der Waals surface area contributed by atoms with Crippen molar-refractivity contribution in [2.75, 3.05) is 0 Å². The van der Waals surface area contributed by atoms with Gasteiger partial charge in [-0.2, -0.15) is 0 Å². The third kappa shape index (κ3) is 2.25. The number of carboxylic acid groups (broad SMARTS) is 1. The fourth-order valence-electron chi connectivity index (χ4n) is 1.41. The Morgan fingerprint density at radius 1 is 1.33 bits per heavy atom. The lowest BCUT2D eigenvalue weighted by atomic mass is 10.1. The Labute approximate surface area is 109 Å². The highest BCUT2D eigenvalue weighted by Gasteiger charge is 2.16. The number of furan rings is 1. The molecule has 0 fully saturated rings. The Morgan fingerprint density at radius 3 is 2.61 bits per heavy atom. The second-order valence-corrected chi connectivity index (χ2v) is 4.25. The van der Waals surface area contributed by atoms with E-state index in [1.165, 1.54) is 24.3 Å². The molecular formula is C11H6BrNO5. The molecule has 2 aromatic rings. The van der Waals surface area contributed by atoms with E-state index in [0.717, 1.165) is 0 Å². The number of carbonyl (C=O) groups is 1. The monoisotopic (exact) mass is 311 g/mol. The molecule has 1 heterocycles. The lowest BCUT2D eigenvalue weighted by molar-refractivity contribution is -0.385. The number of benzene rings is 1. The molecule has 0 aliphatic heterocycles. The number of aromatic carboxylic acids is 1. The first-order chi connectivity index (χ1) is 8.49. The van der Waals surface area contributed by atoms with E-state index in [0.29, 0.717) is 10.0 Å². The maximum atomic E-state index is 10.8. The molecule has 1 aromatic heterocycles. The number of nitro groups is 1. The van der Waals surface area contributed by atoms with E-state index in [1.54, 1.807) is 6.07 Å². The second-order valence-electron chi connectivity index (χ2n) is 3.39. The molecule has 92 valence electrons. The van der Waals surface area contributed by atoms with Crippen molar-refractivity contribution in [3.8, 4) is 11.3 Å². The fourth-order valence-corrected chi connectivity index (χ4v) is 1.81. The third-order valence-electron chi connectivity index (χ3n) is 2.24. The first-order valence-corrected chi connectivity index (χ1v) is 5.56. The molecule has 0 aliphatic carbocycles. The zero-order chi connectivity index (χ0) is 13.3. The third-order valence-corrected chi connectivity index (χ3v) is 2.91. The van der Waals surface area contributed by atoms with Crippen LogP contribution in [-0.2, 0) is 0 Å². The molecule has 0 aliphatic rings. The lowest BCUT2D eigenvalue weighted by Crippen LogP contribution is -1.92. The topological polar surface area (TPSA) is 93.6 Å². The number of nitro benzene ring substituents is 1. The minimum absolute atomic E-state index is 0.110. The largest absolute Gasteiger partial charge is 0.475 e. The van der Waals surface area contributed by atoms with Gasteiger partial charge in [0.1, 0.15) is 5.76 Å². The van der Waals surface area contributed by atoms with Crippen LogP contribution in [0.15, 0.2) is 39.2 Å². The van der Waals surface area contributed by atoms with Gasteiger partial charge >= 0.3 is 5.97 Å². The average Bonchev–Trinajstić information content (AvgIpc) is 2.78. The number of hydrogen-bond donors (Lipinski definition) is 1. The second kappa shape index (κ2) is 4.61. The van der Waals surface area contributed by atoms with Crippen LogP contribution in [0.5, 0.6) is 0 Å². The summed E-state index contributed by atoms with van der Waals surface area (Å²) in [7, 11) is 0. The van der Waals surface area contributed by atoms with Crippen molar-refractivity contribution in [3.63, 3.8) is 0 Å². The van der Waals surface area contributed by atoms with E-state index in [-0.39, 0.29) is 17.2 Å². The van der Waals surface area contributed by atoms with Gasteiger partial charge < -0.3 is 9.52 Å². The summed E-state index contributed by atoms with van der Waals surface area (Å²) < 4.78 is 5.42. The summed E-state index contributed by atoms with van der Waals surface area (Å²) in [4.78, 5) is 20.9. The van der Waals surface area contributed by atoms with Gasteiger partial charge in [0, 0.05) is 11.6 Å². The molecule has 7 heteroatoms. The Kier molecular flexibility index (Phi) is 3.15. The van der Waals surface area contributed by atoms with Crippen LogP contribution in [0.3, 0.4) is 0 Å². The van der Waals surface area contributed by atoms with Gasteiger partial charge in [-0.25, -0.2) is 4.79 Å². The van der Waals surface area contributed by atoms with E-state index in [4.69, 9.17) is 9.52 Å². The van der Waals surface area contributed by atoms with Crippen molar-refractivity contribution < 1.29 is 19.2 Å². The smallest absolute Gasteiger partial charge is 0.371 e. The molecule has 1 aromatic carbocycles. The summed E-state index contributed by atoms with van der Waals surface area (Å²) in [5.74, 6) is -1.13. The van der Waals surface area contributed by atoms with E-state index in [2.05, 4.69) is 15.9 Å². The summed E-state index contributed by atoms with van der Waals surface area (Å²) in [6, 6.07) is 7.18. The molecule has 18 heavy (non-hydrogen) atoms. The number of nitrogens with zero attached hydrogens (tertiary/aromatic N) is 1. The van der Waals surface area contributed by atoms with Crippen LogP contribution in [0.4, 0.5) is 5.69 Å². The maximum Gasteiger partial charge on any atom is 0.371 e. The highest BCUT2D eigenvalue weighted by atomic mass is 79.9. The standard InChI is InChI=1S/C11H6BrNO5/c12-7-2-1-6(5-8(7)13(16)17)9-3-4-10(18-9)11(14)15/h1-5H,(H,14,15). The summed E-state index contributed by atoms with van der Waals surface area (Å²) in [5, 5.41) is 19.5. The first kappa shape index (κ1) is 12.3. The zero-order valence-electron chi connectivity index (χ0n) is 8.79. The van der Waals surface area contributed by atoms with Crippen LogP contribution in [-0.4, -0.2) is 16.0 Å². The van der Waals surface area contributed by atoms with Crippen LogP contribution in [0.2, 0.25) is 0 Å². The predicted octanol–water partition coefficient (Wildman–Crippen LogP) is 3.32. The summed E-state index contributed by atoms with van der Waals surface area (Å²) in [5.41, 5.74) is 0.332. The maximum absolute atomic E-state index is 10.8. The molecule has 1 N–H and O–H groups in total. The van der Waals surface area contributed by atoms with Crippen molar-refractivity contribution in [2.24, 2.45) is 0 Å². The van der Waals surface area contributed by atoms with Crippen LogP contribution in [0.1, 0.15) is 10.6 Å². The van der Waals surface area contributed by atoms with Crippen molar-refractivity contribution in [3.05, 3.63) is 50.7 Å². The van der Waals surface area contributed by atoms with Gasteiger partial charge in [0.2, 0.25) is 5.76 Å². The van der Waals surface area contributed by atoms with Crippen LogP contribution < -0.4 is 0 Å². The quantitative estimate of drug-likeness (QED) is 0.693. The lowest BCUT2D eigenvalue weighted by Gasteiger charge is -1.99. The van der Waals surface area contributed by atoms with Gasteiger partial charge in [-0.1, -0.05) is 0 Å². The molecule has 0 atom stereocenters. The van der Waals surface area contributed by atoms with Crippen molar-refractivity contribution in [2.45, 2.75) is 0 Å². The highest BCUT2D eigenvalue weighted by Crippen LogP contribution is 2.31. The zero-order valence-corrected chi connectivity index (χ0v) is 10.4. The van der Waals surface area contributed by atoms with Gasteiger partial charge in [0.05, 0.1) is 9.40 Å². The normalized spacial score (nSPS) is 10.3. The van der Waals surface area contributed by atoms with Crippen molar-refractivity contribution in [1.29, 1.82) is 0 Å². The Hall–Kier alpha value is -2.15. The molecule has 0 radical (unpaired) electrons. The molecule has 2 rings (SSSR count). The molecule has 0 spiro atoms. The predicted molar refractivity (Wildman–Crippen MR) is 65.5 cm³/mol. The van der Waals surface area contributed by atoms with Crippen molar-refractivity contribution in [1.82, 2.24) is 0 Å². The summed E-state index contributed by atoms with van der Waals surface area (Å²) in [6.45, 7) is 0. The molecule has 6 nitrogen and oxygen atoms in total. The summed E-state index contributed by atoms with van der Waals surface area (Å²) in [6.07, 6.45) is 0. The minimum atomic E-state index is -1.19. The number of hydrogen-bond acceptors (Lipinski definition) is 4. The molecule has 0 bridgehead atoms. The Morgan fingerprint density at radius 2 is 2.06 bits per heavy atom. The van der Waals surface area contributed by atoms with Gasteiger partial charge in [-0.15, -0.1) is 0 Å². The minimum Gasteiger partial charge on any atom is -0.475 e. The van der Waals surface area contributed by atoms with Gasteiger partial charge in [-0.05, 0) is 40.2 Å². The van der Waals surface area contributed by atoms with E-state index in [1.807, 2.05) is 0 Å². The Balaban J connectivity index is 2.47. The number of halogens is 1. The fraction of sp³-hybridized carbons (Fsp3) is 0. The number of carboxylic acids is 1. The number of rotatable bonds is 3.